The number of carbonyl (C=O) groups is 1. The van der Waals surface area contributed by atoms with Gasteiger partial charge in [0.2, 0.25) is 5.91 Å². The summed E-state index contributed by atoms with van der Waals surface area (Å²) in [5, 5.41) is 2.77. The Hall–Kier alpha value is -0.0900. The molecule has 0 fully saturated rings. The molecule has 0 saturated heterocycles. The van der Waals surface area contributed by atoms with E-state index in [9.17, 15) is 4.79 Å². The minimum Gasteiger partial charge on any atom is -0.352 e. The third-order valence-corrected chi connectivity index (χ3v) is 5.01. The lowest BCUT2D eigenvalue weighted by atomic mass is 10.0. The molecule has 0 aromatic rings. The first-order chi connectivity index (χ1) is 8.66. The van der Waals surface area contributed by atoms with Gasteiger partial charge in [-0.2, -0.15) is 0 Å². The van der Waals surface area contributed by atoms with Crippen LogP contribution in [-0.2, 0) is 4.79 Å². The van der Waals surface area contributed by atoms with Gasteiger partial charge in [0.05, 0.1) is 0 Å². The van der Waals surface area contributed by atoms with E-state index in [0.717, 1.165) is 18.2 Å². The van der Waals surface area contributed by atoms with Crippen LogP contribution in [0.3, 0.4) is 0 Å². The maximum atomic E-state index is 10.8. The van der Waals surface area contributed by atoms with E-state index in [1.165, 1.54) is 43.9 Å². The van der Waals surface area contributed by atoms with Crippen LogP contribution in [0.2, 0.25) is 0 Å². The topological polar surface area (TPSA) is 29.1 Å². The third kappa shape index (κ3) is 14.0. The van der Waals surface area contributed by atoms with E-state index in [1.54, 1.807) is 0 Å². The molecule has 0 bridgehead atoms. The van der Waals surface area contributed by atoms with Crippen LogP contribution in [0.4, 0.5) is 0 Å². The Balaban J connectivity index is 3.03. The van der Waals surface area contributed by atoms with Crippen molar-refractivity contribution < 1.29 is 4.79 Å². The maximum absolute atomic E-state index is 10.8. The van der Waals surface area contributed by atoms with Gasteiger partial charge >= 0.3 is 0 Å². The Kier molecular flexibility index (Phi) is 13.3. The van der Waals surface area contributed by atoms with Gasteiger partial charge in [-0.15, -0.1) is 0 Å². The number of nitrogens with one attached hydrogen (secondary N) is 1. The highest BCUT2D eigenvalue weighted by Gasteiger charge is 1.96. The molecule has 106 valence electrons. The van der Waals surface area contributed by atoms with Crippen molar-refractivity contribution in [3.05, 3.63) is 12.7 Å². The second-order valence-corrected chi connectivity index (χ2v) is 7.44. The Morgan fingerprint density at radius 2 is 1.83 bits per heavy atom. The lowest BCUT2D eigenvalue weighted by Crippen LogP contribution is -2.23. The molecule has 0 saturated carbocycles. The summed E-state index contributed by atoms with van der Waals surface area (Å²) in [6.45, 7) is 8.72. The molecular weight excluding hydrogens is 262 g/mol. The first kappa shape index (κ1) is 17.9. The number of rotatable bonds is 12. The molecule has 0 atom stereocenters. The normalized spacial score (nSPS) is 10.6. The molecule has 0 unspecified atom stereocenters. The van der Waals surface area contributed by atoms with Crippen molar-refractivity contribution in [3.63, 3.8) is 0 Å². The molecule has 0 spiro atoms. The summed E-state index contributed by atoms with van der Waals surface area (Å²) in [6, 6.07) is 0. The molecule has 0 aliphatic carbocycles. The van der Waals surface area contributed by atoms with Crippen molar-refractivity contribution in [3.8, 4) is 0 Å². The molecule has 0 rings (SSSR count). The largest absolute Gasteiger partial charge is 0.352 e. The smallest absolute Gasteiger partial charge is 0.243 e. The van der Waals surface area contributed by atoms with Crippen LogP contribution in [0.25, 0.3) is 0 Å². The van der Waals surface area contributed by atoms with E-state index in [4.69, 9.17) is 0 Å². The molecular formula is C14H27NOS2. The molecule has 2 nitrogen and oxygen atoms in total. The molecule has 0 aromatic heterocycles. The lowest BCUT2D eigenvalue weighted by Gasteiger charge is -2.04. The first-order valence-corrected chi connectivity index (χ1v) is 9.30. The Morgan fingerprint density at radius 3 is 2.50 bits per heavy atom. The first-order valence-electron chi connectivity index (χ1n) is 6.81. The summed E-state index contributed by atoms with van der Waals surface area (Å²) in [5.74, 6) is 2.96. The maximum Gasteiger partial charge on any atom is 0.243 e. The zero-order valence-electron chi connectivity index (χ0n) is 11.7. The van der Waals surface area contributed by atoms with Crippen LogP contribution in [0.1, 0.15) is 46.0 Å². The van der Waals surface area contributed by atoms with Crippen molar-refractivity contribution in [2.24, 2.45) is 5.92 Å². The summed E-state index contributed by atoms with van der Waals surface area (Å²) < 4.78 is 0. The zero-order chi connectivity index (χ0) is 13.6. The van der Waals surface area contributed by atoms with Crippen molar-refractivity contribution in [2.45, 2.75) is 46.0 Å². The molecule has 0 heterocycles. The van der Waals surface area contributed by atoms with Gasteiger partial charge in [-0.1, -0.05) is 67.7 Å². The van der Waals surface area contributed by atoms with Gasteiger partial charge in [-0.05, 0) is 18.4 Å². The minimum absolute atomic E-state index is 0.0780. The quantitative estimate of drug-likeness (QED) is 0.330. The molecule has 0 radical (unpaired) electrons. The Bertz CT molecular complexity index is 220. The van der Waals surface area contributed by atoms with E-state index in [-0.39, 0.29) is 5.91 Å². The predicted molar refractivity (Wildman–Crippen MR) is 86.0 cm³/mol. The monoisotopic (exact) mass is 289 g/mol. The summed E-state index contributed by atoms with van der Waals surface area (Å²) in [7, 11) is 3.76. The number of hydrogen-bond acceptors (Lipinski definition) is 3. The van der Waals surface area contributed by atoms with Gasteiger partial charge in [-0.3, -0.25) is 4.79 Å². The lowest BCUT2D eigenvalue weighted by molar-refractivity contribution is -0.116. The Labute approximate surface area is 120 Å². The Morgan fingerprint density at radius 1 is 1.17 bits per heavy atom. The van der Waals surface area contributed by atoms with Gasteiger partial charge in [-0.25, -0.2) is 0 Å². The predicted octanol–water partition coefficient (Wildman–Crippen LogP) is 4.28. The van der Waals surface area contributed by atoms with Crippen molar-refractivity contribution in [1.82, 2.24) is 5.32 Å². The molecule has 1 N–H and O–H groups in total. The van der Waals surface area contributed by atoms with Gasteiger partial charge < -0.3 is 5.32 Å². The fourth-order valence-electron chi connectivity index (χ4n) is 1.47. The van der Waals surface area contributed by atoms with Crippen LogP contribution >= 0.6 is 21.6 Å². The van der Waals surface area contributed by atoms with Crippen LogP contribution in [0, 0.1) is 5.92 Å². The number of amides is 1. The van der Waals surface area contributed by atoms with Crippen molar-refractivity contribution in [2.75, 3.05) is 18.1 Å². The highest BCUT2D eigenvalue weighted by molar-refractivity contribution is 8.76. The van der Waals surface area contributed by atoms with Crippen LogP contribution in [0.5, 0.6) is 0 Å². The van der Waals surface area contributed by atoms with Crippen LogP contribution in [-0.4, -0.2) is 24.0 Å². The van der Waals surface area contributed by atoms with Crippen molar-refractivity contribution in [1.29, 1.82) is 0 Å². The second-order valence-electron chi connectivity index (χ2n) is 4.74. The van der Waals surface area contributed by atoms with Gasteiger partial charge in [0.15, 0.2) is 0 Å². The summed E-state index contributed by atoms with van der Waals surface area (Å²) in [4.78, 5) is 10.8. The highest BCUT2D eigenvalue weighted by Crippen LogP contribution is 2.22. The standard InChI is InChI=1S/C14H27NOS2/c1-4-14(16)15-10-12-18-17-11-8-6-5-7-9-13(2)3/h4,13H,1,5-12H2,2-3H3,(H,15,16). The van der Waals surface area contributed by atoms with E-state index in [2.05, 4.69) is 25.7 Å². The molecule has 1 amide bonds. The average Bonchev–Trinajstić information content (AvgIpc) is 2.35. The van der Waals surface area contributed by atoms with Crippen LogP contribution in [0.15, 0.2) is 12.7 Å². The summed E-state index contributed by atoms with van der Waals surface area (Å²) in [5.41, 5.74) is 0. The van der Waals surface area contributed by atoms with Gasteiger partial charge in [0.25, 0.3) is 0 Å². The molecule has 0 aliphatic rings. The van der Waals surface area contributed by atoms with Gasteiger partial charge in [0.1, 0.15) is 0 Å². The summed E-state index contributed by atoms with van der Waals surface area (Å²) >= 11 is 0. The highest BCUT2D eigenvalue weighted by atomic mass is 33.1. The number of carbonyl (C=O) groups excluding carboxylic acids is 1. The van der Waals surface area contributed by atoms with Crippen molar-refractivity contribution >= 4 is 27.5 Å². The van der Waals surface area contributed by atoms with E-state index in [1.807, 2.05) is 21.6 Å². The number of hydrogen-bond donors (Lipinski definition) is 1. The fraction of sp³-hybridized carbons (Fsp3) is 0.786. The van der Waals surface area contributed by atoms with E-state index >= 15 is 0 Å². The zero-order valence-corrected chi connectivity index (χ0v) is 13.4. The van der Waals surface area contributed by atoms with Crippen LogP contribution < -0.4 is 5.32 Å². The molecule has 4 heteroatoms. The molecule has 18 heavy (non-hydrogen) atoms. The van der Waals surface area contributed by atoms with E-state index in [0.29, 0.717) is 0 Å². The summed E-state index contributed by atoms with van der Waals surface area (Å²) in [6.07, 6.45) is 8.10. The van der Waals surface area contributed by atoms with E-state index < -0.39 is 0 Å². The second kappa shape index (κ2) is 13.3. The fourth-order valence-corrected chi connectivity index (χ4v) is 3.53. The third-order valence-electron chi connectivity index (χ3n) is 2.51. The molecule has 0 aliphatic heterocycles. The van der Waals surface area contributed by atoms with Gasteiger partial charge in [0, 0.05) is 18.1 Å². The number of unbranched alkanes of at least 4 members (excludes halogenated alkanes) is 3. The minimum atomic E-state index is -0.0780. The molecule has 0 aromatic carbocycles. The average molecular weight is 290 g/mol. The SMILES string of the molecule is C=CC(=O)NCCSSCCCCCCC(C)C.